The Morgan fingerprint density at radius 1 is 0.917 bits per heavy atom. The molecule has 0 aliphatic heterocycles. The first-order chi connectivity index (χ1) is 11.6. The number of aliphatic hydroxyl groups is 2. The Morgan fingerprint density at radius 2 is 1.62 bits per heavy atom. The lowest BCUT2D eigenvalue weighted by molar-refractivity contribution is -0.137. The first-order valence-corrected chi connectivity index (χ1v) is 8.80. The Morgan fingerprint density at radius 3 is 2.33 bits per heavy atom. The van der Waals surface area contributed by atoms with E-state index in [2.05, 4.69) is 13.0 Å². The van der Waals surface area contributed by atoms with E-state index in [4.69, 9.17) is 5.11 Å². The lowest BCUT2D eigenvalue weighted by Gasteiger charge is -2.11. The van der Waals surface area contributed by atoms with E-state index >= 15 is 0 Å². The molecular formula is C20H32O4. The number of rotatable bonds is 14. The second kappa shape index (κ2) is 16.2. The predicted molar refractivity (Wildman–Crippen MR) is 98.8 cm³/mol. The van der Waals surface area contributed by atoms with Crippen molar-refractivity contribution in [2.45, 2.75) is 70.5 Å². The molecule has 3 N–H and O–H groups in total. The molecule has 0 aliphatic rings. The molecule has 0 aromatic heterocycles. The van der Waals surface area contributed by atoms with Gasteiger partial charge in [0.2, 0.25) is 0 Å². The van der Waals surface area contributed by atoms with Crippen LogP contribution in [0, 0.1) is 0 Å². The van der Waals surface area contributed by atoms with E-state index in [9.17, 15) is 15.0 Å². The molecule has 4 nitrogen and oxygen atoms in total. The normalized spacial score (nSPS) is 15.1. The van der Waals surface area contributed by atoms with Crippen molar-refractivity contribution in [3.8, 4) is 0 Å². The van der Waals surface area contributed by atoms with E-state index in [0.717, 1.165) is 6.42 Å². The molecule has 0 bridgehead atoms. The zero-order valence-corrected chi connectivity index (χ0v) is 14.7. The fourth-order valence-electron chi connectivity index (χ4n) is 1.99. The first-order valence-electron chi connectivity index (χ1n) is 8.80. The number of aliphatic carboxylic acids is 1. The minimum atomic E-state index is -0.910. The lowest BCUT2D eigenvalue weighted by atomic mass is 10.1. The van der Waals surface area contributed by atoms with Gasteiger partial charge >= 0.3 is 5.97 Å². The molecule has 0 aromatic carbocycles. The molecule has 0 fully saturated rings. The summed E-state index contributed by atoms with van der Waals surface area (Å²) >= 11 is 0. The first kappa shape index (κ1) is 22.4. The Hall–Kier alpha value is -1.65. The summed E-state index contributed by atoms with van der Waals surface area (Å²) in [6, 6.07) is 0. The van der Waals surface area contributed by atoms with Crippen LogP contribution in [-0.2, 0) is 4.79 Å². The third-order valence-corrected chi connectivity index (χ3v) is 3.45. The zero-order chi connectivity index (χ0) is 18.0. The van der Waals surface area contributed by atoms with Gasteiger partial charge in [-0.05, 0) is 32.1 Å². The molecule has 0 saturated heterocycles. The van der Waals surface area contributed by atoms with Gasteiger partial charge in [-0.2, -0.15) is 0 Å². The number of aliphatic hydroxyl groups excluding tert-OH is 2. The van der Waals surface area contributed by atoms with Crippen LogP contribution in [0.15, 0.2) is 48.6 Å². The van der Waals surface area contributed by atoms with Gasteiger partial charge in [-0.15, -0.1) is 0 Å². The highest BCUT2D eigenvalue weighted by molar-refractivity contribution is 5.66. The molecule has 0 saturated carbocycles. The van der Waals surface area contributed by atoms with Crippen molar-refractivity contribution in [2.24, 2.45) is 0 Å². The molecule has 4 heteroatoms. The molecule has 0 rings (SSSR count). The van der Waals surface area contributed by atoms with Crippen LogP contribution >= 0.6 is 0 Å². The summed E-state index contributed by atoms with van der Waals surface area (Å²) in [5, 5.41) is 28.1. The van der Waals surface area contributed by atoms with E-state index in [-0.39, 0.29) is 6.42 Å². The molecule has 0 spiro atoms. The maximum absolute atomic E-state index is 10.3. The third-order valence-electron chi connectivity index (χ3n) is 3.45. The van der Waals surface area contributed by atoms with Crippen molar-refractivity contribution in [2.75, 3.05) is 0 Å². The maximum Gasteiger partial charge on any atom is 0.303 e. The van der Waals surface area contributed by atoms with E-state index in [1.54, 1.807) is 18.2 Å². The van der Waals surface area contributed by atoms with Crippen molar-refractivity contribution in [3.05, 3.63) is 48.6 Å². The zero-order valence-electron chi connectivity index (χ0n) is 14.7. The number of allylic oxidation sites excluding steroid dienone is 6. The minimum Gasteiger partial charge on any atom is -0.481 e. The smallest absolute Gasteiger partial charge is 0.303 e. The minimum absolute atomic E-state index is 0.150. The summed E-state index contributed by atoms with van der Waals surface area (Å²) in [4.78, 5) is 10.3. The Kier molecular flexibility index (Phi) is 15.1. The van der Waals surface area contributed by atoms with Gasteiger partial charge in [0.25, 0.3) is 0 Å². The molecule has 2 unspecified atom stereocenters. The predicted octanol–water partition coefficient (Wildman–Crippen LogP) is 4.16. The highest BCUT2D eigenvalue weighted by atomic mass is 16.4. The third kappa shape index (κ3) is 15.3. The molecule has 0 heterocycles. The van der Waals surface area contributed by atoms with Crippen LogP contribution in [0.25, 0.3) is 0 Å². The summed E-state index contributed by atoms with van der Waals surface area (Å²) in [5.41, 5.74) is 0. The molecule has 136 valence electrons. The average Bonchev–Trinajstić information content (AvgIpc) is 2.55. The second-order valence-corrected chi connectivity index (χ2v) is 5.74. The van der Waals surface area contributed by atoms with Crippen molar-refractivity contribution in [1.82, 2.24) is 0 Å². The van der Waals surface area contributed by atoms with E-state index in [0.29, 0.717) is 19.3 Å². The lowest BCUT2D eigenvalue weighted by Crippen LogP contribution is -2.22. The fourth-order valence-corrected chi connectivity index (χ4v) is 1.99. The maximum atomic E-state index is 10.3. The quantitative estimate of drug-likeness (QED) is 0.253. The van der Waals surface area contributed by atoms with E-state index in [1.165, 1.54) is 19.3 Å². The molecule has 24 heavy (non-hydrogen) atoms. The highest BCUT2D eigenvalue weighted by Crippen LogP contribution is 2.04. The van der Waals surface area contributed by atoms with Crippen LogP contribution in [0.5, 0.6) is 0 Å². The van der Waals surface area contributed by atoms with Gasteiger partial charge in [0.15, 0.2) is 0 Å². The van der Waals surface area contributed by atoms with Crippen LogP contribution in [0.3, 0.4) is 0 Å². The van der Waals surface area contributed by atoms with Crippen LogP contribution in [0.1, 0.15) is 58.3 Å². The molecular weight excluding hydrogens is 304 g/mol. The SMILES string of the molecule is CCCCCC=CC=CC=CC(O)C(O)CC=CCCCC(=O)O. The van der Waals surface area contributed by atoms with Crippen LogP contribution in [0.2, 0.25) is 0 Å². The number of carboxylic acid groups (broad SMARTS) is 1. The largest absolute Gasteiger partial charge is 0.481 e. The van der Waals surface area contributed by atoms with Gasteiger partial charge in [-0.3, -0.25) is 4.79 Å². The van der Waals surface area contributed by atoms with Crippen molar-refractivity contribution in [3.63, 3.8) is 0 Å². The summed E-state index contributed by atoms with van der Waals surface area (Å²) in [5.74, 6) is -0.798. The number of unbranched alkanes of at least 4 members (excludes halogenated alkanes) is 4. The second-order valence-electron chi connectivity index (χ2n) is 5.74. The summed E-state index contributed by atoms with van der Waals surface area (Å²) in [7, 11) is 0. The summed E-state index contributed by atoms with van der Waals surface area (Å²) in [6.45, 7) is 2.18. The van der Waals surface area contributed by atoms with Gasteiger partial charge in [0, 0.05) is 6.42 Å². The molecule has 2 atom stereocenters. The molecule has 0 amide bonds. The average molecular weight is 336 g/mol. The number of hydrogen-bond acceptors (Lipinski definition) is 3. The van der Waals surface area contributed by atoms with Gasteiger partial charge in [-0.25, -0.2) is 0 Å². The summed E-state index contributed by atoms with van der Waals surface area (Å²) < 4.78 is 0. The van der Waals surface area contributed by atoms with Crippen molar-refractivity contribution >= 4 is 5.97 Å². The fraction of sp³-hybridized carbons (Fsp3) is 0.550. The number of carbonyl (C=O) groups is 1. The highest BCUT2D eigenvalue weighted by Gasteiger charge is 2.10. The Bertz CT molecular complexity index is 421. The molecule has 0 aromatic rings. The van der Waals surface area contributed by atoms with Gasteiger partial charge in [0.1, 0.15) is 0 Å². The van der Waals surface area contributed by atoms with Crippen molar-refractivity contribution in [1.29, 1.82) is 0 Å². The van der Waals surface area contributed by atoms with Gasteiger partial charge in [0.05, 0.1) is 12.2 Å². The monoisotopic (exact) mass is 336 g/mol. The number of hydrogen-bond donors (Lipinski definition) is 3. The molecule has 0 radical (unpaired) electrons. The van der Waals surface area contributed by atoms with Gasteiger partial charge < -0.3 is 15.3 Å². The van der Waals surface area contributed by atoms with Crippen LogP contribution < -0.4 is 0 Å². The van der Waals surface area contributed by atoms with Gasteiger partial charge in [-0.1, -0.05) is 68.4 Å². The number of carboxylic acids is 1. The van der Waals surface area contributed by atoms with Crippen LogP contribution in [-0.4, -0.2) is 33.5 Å². The Balaban J connectivity index is 3.85. The molecule has 0 aliphatic carbocycles. The van der Waals surface area contributed by atoms with E-state index in [1.807, 2.05) is 24.3 Å². The summed E-state index contributed by atoms with van der Waals surface area (Å²) in [6.07, 6.45) is 19.5. The topological polar surface area (TPSA) is 77.8 Å². The standard InChI is InChI=1S/C20H32O4/c1-2-3-4-5-6-7-8-9-12-15-18(21)19(22)16-13-10-11-14-17-20(23)24/h6-10,12-13,15,18-19,21-22H,2-5,11,14,16-17H2,1H3,(H,23,24). The van der Waals surface area contributed by atoms with E-state index < -0.39 is 18.2 Å². The Labute approximate surface area is 145 Å². The van der Waals surface area contributed by atoms with Crippen LogP contribution in [0.4, 0.5) is 0 Å². The van der Waals surface area contributed by atoms with Crippen molar-refractivity contribution < 1.29 is 20.1 Å².